The van der Waals surface area contributed by atoms with Gasteiger partial charge in [0.15, 0.2) is 0 Å². The molecular weight excluding hydrogens is 359 g/mol. The fourth-order valence-corrected chi connectivity index (χ4v) is 2.95. The SMILES string of the molecule is Cl.O=C(Cc1cccc(OCc2ccccc2Cl)c1)NC1CCNC1. The van der Waals surface area contributed by atoms with E-state index in [1.807, 2.05) is 48.5 Å². The third-order valence-electron chi connectivity index (χ3n) is 4.04. The second kappa shape index (κ2) is 9.66. The first-order valence-corrected chi connectivity index (χ1v) is 8.54. The highest BCUT2D eigenvalue weighted by molar-refractivity contribution is 6.31. The lowest BCUT2D eigenvalue weighted by atomic mass is 10.1. The Balaban J connectivity index is 0.00000225. The average molecular weight is 381 g/mol. The fourth-order valence-electron chi connectivity index (χ4n) is 2.76. The zero-order valence-electron chi connectivity index (χ0n) is 13.8. The number of amides is 1. The monoisotopic (exact) mass is 380 g/mol. The van der Waals surface area contributed by atoms with Gasteiger partial charge in [-0.25, -0.2) is 0 Å². The lowest BCUT2D eigenvalue weighted by molar-refractivity contribution is -0.121. The Bertz CT molecular complexity index is 703. The first kappa shape index (κ1) is 19.6. The van der Waals surface area contributed by atoms with Crippen LogP contribution in [0.2, 0.25) is 5.02 Å². The van der Waals surface area contributed by atoms with Gasteiger partial charge < -0.3 is 15.4 Å². The van der Waals surface area contributed by atoms with Crippen molar-refractivity contribution in [3.8, 4) is 5.75 Å². The van der Waals surface area contributed by atoms with Gasteiger partial charge in [-0.15, -0.1) is 12.4 Å². The molecule has 6 heteroatoms. The number of rotatable bonds is 6. The van der Waals surface area contributed by atoms with Gasteiger partial charge in [0.2, 0.25) is 5.91 Å². The van der Waals surface area contributed by atoms with Crippen LogP contribution in [-0.4, -0.2) is 25.0 Å². The maximum atomic E-state index is 12.1. The number of carbonyl (C=O) groups excluding carboxylic acids is 1. The smallest absolute Gasteiger partial charge is 0.224 e. The Hall–Kier alpha value is -1.75. The molecule has 1 atom stereocenters. The van der Waals surface area contributed by atoms with Crippen LogP contribution in [0.4, 0.5) is 0 Å². The summed E-state index contributed by atoms with van der Waals surface area (Å²) in [5, 5.41) is 6.99. The number of carbonyl (C=O) groups is 1. The first-order valence-electron chi connectivity index (χ1n) is 8.16. The van der Waals surface area contributed by atoms with Gasteiger partial charge in [-0.05, 0) is 36.7 Å². The van der Waals surface area contributed by atoms with Crippen LogP contribution < -0.4 is 15.4 Å². The van der Waals surface area contributed by atoms with Crippen LogP contribution in [0, 0.1) is 0 Å². The van der Waals surface area contributed by atoms with Crippen LogP contribution in [0.5, 0.6) is 5.75 Å². The Labute approximate surface area is 159 Å². The van der Waals surface area contributed by atoms with Crippen LogP contribution in [0.15, 0.2) is 48.5 Å². The minimum atomic E-state index is 0. The van der Waals surface area contributed by atoms with E-state index in [9.17, 15) is 4.79 Å². The zero-order valence-corrected chi connectivity index (χ0v) is 15.4. The number of hydrogen-bond donors (Lipinski definition) is 2. The molecule has 0 saturated carbocycles. The molecule has 0 spiro atoms. The summed E-state index contributed by atoms with van der Waals surface area (Å²) < 4.78 is 5.80. The van der Waals surface area contributed by atoms with E-state index in [-0.39, 0.29) is 24.4 Å². The van der Waals surface area contributed by atoms with Crippen molar-refractivity contribution in [2.24, 2.45) is 0 Å². The van der Waals surface area contributed by atoms with E-state index >= 15 is 0 Å². The van der Waals surface area contributed by atoms with Gasteiger partial charge >= 0.3 is 0 Å². The van der Waals surface area contributed by atoms with E-state index in [0.29, 0.717) is 18.1 Å². The number of hydrogen-bond acceptors (Lipinski definition) is 3. The minimum Gasteiger partial charge on any atom is -0.489 e. The molecule has 0 aliphatic carbocycles. The average Bonchev–Trinajstić information content (AvgIpc) is 3.07. The first-order chi connectivity index (χ1) is 11.7. The minimum absolute atomic E-state index is 0. The molecule has 1 amide bonds. The second-order valence-electron chi connectivity index (χ2n) is 5.96. The summed E-state index contributed by atoms with van der Waals surface area (Å²) in [5.74, 6) is 0.787. The number of benzene rings is 2. The summed E-state index contributed by atoms with van der Waals surface area (Å²) >= 11 is 6.13. The van der Waals surface area contributed by atoms with E-state index in [1.165, 1.54) is 0 Å². The van der Waals surface area contributed by atoms with E-state index in [4.69, 9.17) is 16.3 Å². The van der Waals surface area contributed by atoms with E-state index in [1.54, 1.807) is 0 Å². The van der Waals surface area contributed by atoms with Crippen molar-refractivity contribution in [2.75, 3.05) is 13.1 Å². The van der Waals surface area contributed by atoms with E-state index < -0.39 is 0 Å². The summed E-state index contributed by atoms with van der Waals surface area (Å²) in [4.78, 5) is 12.1. The molecule has 2 aromatic carbocycles. The van der Waals surface area contributed by atoms with Crippen molar-refractivity contribution < 1.29 is 9.53 Å². The molecular formula is C19H22Cl2N2O2. The van der Waals surface area contributed by atoms with Gasteiger partial charge in [0.1, 0.15) is 12.4 Å². The van der Waals surface area contributed by atoms with Crippen molar-refractivity contribution in [3.05, 3.63) is 64.7 Å². The van der Waals surface area contributed by atoms with Gasteiger partial charge in [-0.3, -0.25) is 4.79 Å². The topological polar surface area (TPSA) is 50.4 Å². The van der Waals surface area contributed by atoms with E-state index in [0.717, 1.165) is 36.4 Å². The van der Waals surface area contributed by atoms with Gasteiger partial charge in [0, 0.05) is 23.2 Å². The second-order valence-corrected chi connectivity index (χ2v) is 6.37. The van der Waals surface area contributed by atoms with Gasteiger partial charge in [-0.2, -0.15) is 0 Å². The highest BCUT2D eigenvalue weighted by Crippen LogP contribution is 2.19. The molecule has 1 saturated heterocycles. The van der Waals surface area contributed by atoms with Crippen LogP contribution in [0.25, 0.3) is 0 Å². The fraction of sp³-hybridized carbons (Fsp3) is 0.316. The molecule has 1 aliphatic heterocycles. The molecule has 0 radical (unpaired) electrons. The van der Waals surface area contributed by atoms with Crippen molar-refractivity contribution in [3.63, 3.8) is 0 Å². The lowest BCUT2D eigenvalue weighted by Gasteiger charge is -2.12. The van der Waals surface area contributed by atoms with Crippen LogP contribution in [0.3, 0.4) is 0 Å². The highest BCUT2D eigenvalue weighted by Gasteiger charge is 2.16. The van der Waals surface area contributed by atoms with Gasteiger partial charge in [0.05, 0.1) is 6.42 Å². The van der Waals surface area contributed by atoms with Crippen LogP contribution >= 0.6 is 24.0 Å². The molecule has 1 unspecified atom stereocenters. The molecule has 3 rings (SSSR count). The van der Waals surface area contributed by atoms with Crippen molar-refractivity contribution in [2.45, 2.75) is 25.5 Å². The number of ether oxygens (including phenoxy) is 1. The molecule has 1 heterocycles. The number of nitrogens with one attached hydrogen (secondary N) is 2. The van der Waals surface area contributed by atoms with Crippen molar-refractivity contribution in [1.82, 2.24) is 10.6 Å². The molecule has 4 nitrogen and oxygen atoms in total. The Morgan fingerprint density at radius 2 is 2.08 bits per heavy atom. The van der Waals surface area contributed by atoms with E-state index in [2.05, 4.69) is 10.6 Å². The molecule has 0 aromatic heterocycles. The molecule has 2 N–H and O–H groups in total. The third-order valence-corrected chi connectivity index (χ3v) is 4.41. The third kappa shape index (κ3) is 5.92. The Kier molecular flexibility index (Phi) is 7.56. The molecule has 2 aromatic rings. The molecule has 0 bridgehead atoms. The molecule has 134 valence electrons. The predicted molar refractivity (Wildman–Crippen MR) is 103 cm³/mol. The van der Waals surface area contributed by atoms with Crippen LogP contribution in [-0.2, 0) is 17.8 Å². The standard InChI is InChI=1S/C19H21ClN2O2.ClH/c20-18-7-2-1-5-15(18)13-24-17-6-3-4-14(10-17)11-19(23)22-16-8-9-21-12-16;/h1-7,10,16,21H,8-9,11-13H2,(H,22,23);1H. The quantitative estimate of drug-likeness (QED) is 0.807. The largest absolute Gasteiger partial charge is 0.489 e. The Morgan fingerprint density at radius 1 is 1.24 bits per heavy atom. The summed E-state index contributed by atoms with van der Waals surface area (Å²) in [6.07, 6.45) is 1.35. The summed E-state index contributed by atoms with van der Waals surface area (Å²) in [7, 11) is 0. The Morgan fingerprint density at radius 3 is 2.84 bits per heavy atom. The van der Waals surface area contributed by atoms with Gasteiger partial charge in [-0.1, -0.05) is 41.9 Å². The maximum absolute atomic E-state index is 12.1. The van der Waals surface area contributed by atoms with Crippen molar-refractivity contribution >= 4 is 29.9 Å². The predicted octanol–water partition coefficient (Wildman–Crippen LogP) is 3.36. The maximum Gasteiger partial charge on any atom is 0.224 e. The normalized spacial score (nSPS) is 16.1. The zero-order chi connectivity index (χ0) is 16.8. The lowest BCUT2D eigenvalue weighted by Crippen LogP contribution is -2.37. The molecule has 1 aliphatic rings. The summed E-state index contributed by atoms with van der Waals surface area (Å²) in [6, 6.07) is 15.5. The van der Waals surface area contributed by atoms with Crippen LogP contribution in [0.1, 0.15) is 17.5 Å². The van der Waals surface area contributed by atoms with Crippen molar-refractivity contribution in [1.29, 1.82) is 0 Å². The molecule has 1 fully saturated rings. The molecule has 25 heavy (non-hydrogen) atoms. The summed E-state index contributed by atoms with van der Waals surface area (Å²) in [6.45, 7) is 2.23. The summed E-state index contributed by atoms with van der Waals surface area (Å²) in [5.41, 5.74) is 1.88. The van der Waals surface area contributed by atoms with Gasteiger partial charge in [0.25, 0.3) is 0 Å². The number of halogens is 2. The highest BCUT2D eigenvalue weighted by atomic mass is 35.5.